The van der Waals surface area contributed by atoms with E-state index in [0.717, 1.165) is 11.3 Å². The zero-order valence-corrected chi connectivity index (χ0v) is 13.3. The summed E-state index contributed by atoms with van der Waals surface area (Å²) in [5, 5.41) is 9.67. The fourth-order valence-electron chi connectivity index (χ4n) is 2.02. The first-order valence-electron chi connectivity index (χ1n) is 7.29. The van der Waals surface area contributed by atoms with Crippen molar-refractivity contribution in [3.05, 3.63) is 65.7 Å². The summed E-state index contributed by atoms with van der Waals surface area (Å²) in [6, 6.07) is 17.1. The predicted octanol–water partition coefficient (Wildman–Crippen LogP) is 2.34. The van der Waals surface area contributed by atoms with Crippen molar-refractivity contribution in [2.24, 2.45) is 0 Å². The highest BCUT2D eigenvalue weighted by Gasteiger charge is 2.19. The molecular weight excluding hydrogens is 292 g/mol. The number of amides is 1. The fourth-order valence-corrected chi connectivity index (χ4v) is 2.02. The Morgan fingerprint density at radius 1 is 1.04 bits per heavy atom. The van der Waals surface area contributed by atoms with E-state index in [9.17, 15) is 4.79 Å². The second-order valence-corrected chi connectivity index (χ2v) is 5.32. The first-order valence-corrected chi connectivity index (χ1v) is 7.29. The maximum Gasteiger partial charge on any atom is 0.287 e. The molecule has 0 saturated heterocycles. The molecule has 0 aliphatic heterocycles. The number of hydrogen-bond acceptors (Lipinski definition) is 2. The molecule has 0 aliphatic rings. The van der Waals surface area contributed by atoms with E-state index < -0.39 is 6.04 Å². The standard InChI is InChI=1S/C17H20N2O.CHO2/c1-12(2)13-8-10-15(11-9-13)19-17(20)16(18)14-6-4-3-5-7-14;2-1-3/h3-12,16H,18H2,1-2H3,(H,19,20);(H,2,3)/q;-1/p+1. The lowest BCUT2D eigenvalue weighted by molar-refractivity contribution is -0.408. The number of carbonyl (C=O) groups excluding carboxylic acids is 1. The SMILES string of the molecule is CC(C)c1ccc(NC(=O)C([NH3+])c2ccccc2)cc1.O=[C-]O. The minimum absolute atomic E-state index is 0.0894. The Morgan fingerprint density at radius 3 is 2.04 bits per heavy atom. The van der Waals surface area contributed by atoms with Gasteiger partial charge in [0.1, 0.15) is 0 Å². The molecule has 2 aromatic carbocycles. The summed E-state index contributed by atoms with van der Waals surface area (Å²) in [4.78, 5) is 20.4. The van der Waals surface area contributed by atoms with Crippen LogP contribution in [0.1, 0.15) is 36.9 Å². The number of hydrogen-bond donors (Lipinski definition) is 3. The first-order chi connectivity index (χ1) is 11.0. The van der Waals surface area contributed by atoms with Gasteiger partial charge in [-0.15, -0.1) is 0 Å². The van der Waals surface area contributed by atoms with Crippen LogP contribution in [0.3, 0.4) is 0 Å². The zero-order valence-electron chi connectivity index (χ0n) is 13.3. The molecule has 1 amide bonds. The normalized spacial score (nSPS) is 11.1. The molecule has 5 heteroatoms. The molecule has 5 N–H and O–H groups in total. The lowest BCUT2D eigenvalue weighted by Crippen LogP contribution is -2.58. The Balaban J connectivity index is 0.000000816. The topological polar surface area (TPSA) is 94.0 Å². The zero-order chi connectivity index (χ0) is 17.2. The van der Waals surface area contributed by atoms with E-state index in [2.05, 4.69) is 24.9 Å². The van der Waals surface area contributed by atoms with Crippen LogP contribution < -0.4 is 11.1 Å². The minimum Gasteiger partial charge on any atom is -0.665 e. The molecule has 5 nitrogen and oxygen atoms in total. The van der Waals surface area contributed by atoms with Gasteiger partial charge in [0.2, 0.25) is 0 Å². The van der Waals surface area contributed by atoms with E-state index in [-0.39, 0.29) is 5.91 Å². The third kappa shape index (κ3) is 5.92. The number of quaternary nitrogens is 1. The first kappa shape index (κ1) is 18.4. The number of anilines is 1. The van der Waals surface area contributed by atoms with Gasteiger partial charge in [-0.25, -0.2) is 0 Å². The van der Waals surface area contributed by atoms with Gasteiger partial charge in [0.15, 0.2) is 6.04 Å². The molecule has 1 atom stereocenters. The smallest absolute Gasteiger partial charge is 0.287 e. The summed E-state index contributed by atoms with van der Waals surface area (Å²) in [6.07, 6.45) is 0. The molecule has 0 aliphatic carbocycles. The lowest BCUT2D eigenvalue weighted by atomic mass is 10.0. The van der Waals surface area contributed by atoms with Gasteiger partial charge >= 0.3 is 0 Å². The van der Waals surface area contributed by atoms with Crippen LogP contribution in [0.2, 0.25) is 0 Å². The summed E-state index contributed by atoms with van der Waals surface area (Å²) in [5.41, 5.74) is 6.93. The molecule has 0 saturated carbocycles. The van der Waals surface area contributed by atoms with Crippen LogP contribution in [0.25, 0.3) is 0 Å². The van der Waals surface area contributed by atoms with E-state index in [1.807, 2.05) is 54.6 Å². The van der Waals surface area contributed by atoms with Crippen LogP contribution in [-0.2, 0) is 9.59 Å². The summed E-state index contributed by atoms with van der Waals surface area (Å²) in [6.45, 7) is 4.80. The molecule has 2 rings (SSSR count). The molecule has 0 aromatic heterocycles. The van der Waals surface area contributed by atoms with Gasteiger partial charge in [0.05, 0.1) is 0 Å². The van der Waals surface area contributed by atoms with Crippen molar-refractivity contribution in [3.8, 4) is 0 Å². The molecule has 0 fully saturated rings. The molecule has 0 heterocycles. The molecule has 23 heavy (non-hydrogen) atoms. The van der Waals surface area contributed by atoms with Crippen LogP contribution in [0.5, 0.6) is 0 Å². The number of rotatable bonds is 4. The molecule has 0 spiro atoms. The second-order valence-electron chi connectivity index (χ2n) is 5.32. The highest BCUT2D eigenvalue weighted by Crippen LogP contribution is 2.18. The quantitative estimate of drug-likeness (QED) is 0.756. The van der Waals surface area contributed by atoms with Crippen molar-refractivity contribution in [1.82, 2.24) is 0 Å². The Labute approximate surface area is 136 Å². The van der Waals surface area contributed by atoms with Crippen molar-refractivity contribution >= 4 is 18.1 Å². The highest BCUT2D eigenvalue weighted by atomic mass is 16.3. The third-order valence-electron chi connectivity index (χ3n) is 3.36. The van der Waals surface area contributed by atoms with E-state index in [0.29, 0.717) is 12.4 Å². The molecule has 2 aromatic rings. The average molecular weight is 314 g/mol. The number of aliphatic hydroxyl groups excluding tert-OH is 1. The van der Waals surface area contributed by atoms with Crippen LogP contribution >= 0.6 is 0 Å². The van der Waals surface area contributed by atoms with Crippen LogP contribution in [0.4, 0.5) is 5.69 Å². The van der Waals surface area contributed by atoms with E-state index >= 15 is 0 Å². The highest BCUT2D eigenvalue weighted by molar-refractivity contribution is 5.94. The minimum atomic E-state index is -0.402. The van der Waals surface area contributed by atoms with E-state index in [1.54, 1.807) is 0 Å². The maximum atomic E-state index is 12.2. The van der Waals surface area contributed by atoms with Gasteiger partial charge in [-0.1, -0.05) is 62.8 Å². The Kier molecular flexibility index (Phi) is 7.50. The van der Waals surface area contributed by atoms with Gasteiger partial charge in [-0.3, -0.25) is 4.79 Å². The summed E-state index contributed by atoms with van der Waals surface area (Å²) in [5.74, 6) is 0.401. The van der Waals surface area contributed by atoms with Crippen molar-refractivity contribution in [1.29, 1.82) is 0 Å². The molecule has 0 radical (unpaired) electrons. The Hall–Kier alpha value is -2.66. The van der Waals surface area contributed by atoms with Crippen molar-refractivity contribution < 1.29 is 20.4 Å². The van der Waals surface area contributed by atoms with Gasteiger partial charge in [0.25, 0.3) is 5.91 Å². The number of benzene rings is 2. The van der Waals surface area contributed by atoms with Gasteiger partial charge < -0.3 is 21.0 Å². The van der Waals surface area contributed by atoms with Crippen LogP contribution in [-0.4, -0.2) is 17.5 Å². The average Bonchev–Trinajstić information content (AvgIpc) is 2.56. The Morgan fingerprint density at radius 2 is 1.57 bits per heavy atom. The monoisotopic (exact) mass is 314 g/mol. The summed E-state index contributed by atoms with van der Waals surface area (Å²) in [7, 11) is 0. The van der Waals surface area contributed by atoms with E-state index in [4.69, 9.17) is 9.90 Å². The van der Waals surface area contributed by atoms with Gasteiger partial charge in [-0.2, -0.15) is 0 Å². The summed E-state index contributed by atoms with van der Waals surface area (Å²) < 4.78 is 0. The van der Waals surface area contributed by atoms with Crippen molar-refractivity contribution in [3.63, 3.8) is 0 Å². The Bertz CT molecular complexity index is 610. The van der Waals surface area contributed by atoms with Crippen LogP contribution in [0, 0.1) is 0 Å². The van der Waals surface area contributed by atoms with Crippen molar-refractivity contribution in [2.45, 2.75) is 25.8 Å². The van der Waals surface area contributed by atoms with Gasteiger partial charge in [-0.05, 0) is 23.6 Å². The second kappa shape index (κ2) is 9.38. The molecular formula is C18H22N2O3. The van der Waals surface area contributed by atoms with Gasteiger partial charge in [0, 0.05) is 11.3 Å². The van der Waals surface area contributed by atoms with E-state index in [1.165, 1.54) is 5.56 Å². The summed E-state index contributed by atoms with van der Waals surface area (Å²) >= 11 is 0. The van der Waals surface area contributed by atoms with Crippen LogP contribution in [0.15, 0.2) is 54.6 Å². The molecule has 122 valence electrons. The lowest BCUT2D eigenvalue weighted by Gasteiger charge is -2.11. The largest absolute Gasteiger partial charge is 0.665 e. The van der Waals surface area contributed by atoms with Crippen molar-refractivity contribution in [2.75, 3.05) is 5.32 Å². The number of nitrogens with one attached hydrogen (secondary N) is 1. The maximum absolute atomic E-state index is 12.2. The third-order valence-corrected chi connectivity index (χ3v) is 3.36. The number of carbonyl (C=O) groups is 1. The molecule has 0 bridgehead atoms. The fraction of sp³-hybridized carbons (Fsp3) is 0.222. The predicted molar refractivity (Wildman–Crippen MR) is 89.6 cm³/mol. The molecule has 1 unspecified atom stereocenters.